The third kappa shape index (κ3) is 9.31. The SMILES string of the molecule is CCCC(C)(C)OCCC(C)(C)NC(=O)c1ccc2nc(CN3CC4(CC=C(c5cccc(OCc6ccc(C#N)cc6F)n5)CC4)C3)n(C[C@@H]3CCO3)c2c1. The number of allylic oxidation sites excluding steroid dienone is 2. The van der Waals surface area contributed by atoms with Crippen molar-refractivity contribution in [1.29, 1.82) is 5.26 Å². The van der Waals surface area contributed by atoms with Crippen LogP contribution in [0.4, 0.5) is 4.39 Å². The number of nitrogens with one attached hydrogen (secondary N) is 1. The number of aromatic nitrogens is 3. The number of hydrogen-bond donors (Lipinski definition) is 1. The quantitative estimate of drug-likeness (QED) is 0.121. The second-order valence-electron chi connectivity index (χ2n) is 17.2. The number of fused-ring (bicyclic) bond motifs is 1. The summed E-state index contributed by atoms with van der Waals surface area (Å²) >= 11 is 0. The molecule has 7 rings (SSSR count). The van der Waals surface area contributed by atoms with E-state index >= 15 is 0 Å². The molecular weight excluding hydrogens is 708 g/mol. The first-order valence-electron chi connectivity index (χ1n) is 20.1. The van der Waals surface area contributed by atoms with Gasteiger partial charge in [-0.15, -0.1) is 0 Å². The summed E-state index contributed by atoms with van der Waals surface area (Å²) < 4.78 is 34.5. The molecule has 11 heteroatoms. The van der Waals surface area contributed by atoms with Gasteiger partial charge in [-0.05, 0) is 114 Å². The molecule has 56 heavy (non-hydrogen) atoms. The molecule has 2 aromatic carbocycles. The summed E-state index contributed by atoms with van der Waals surface area (Å²) in [6.45, 7) is 15.4. The van der Waals surface area contributed by atoms with Crippen molar-refractivity contribution < 1.29 is 23.4 Å². The molecule has 0 unspecified atom stereocenters. The van der Waals surface area contributed by atoms with E-state index in [0.717, 1.165) is 93.9 Å². The van der Waals surface area contributed by atoms with Crippen LogP contribution in [0.5, 0.6) is 5.88 Å². The Hall–Kier alpha value is -4.63. The van der Waals surface area contributed by atoms with Crippen molar-refractivity contribution in [2.24, 2.45) is 5.41 Å². The number of nitriles is 1. The van der Waals surface area contributed by atoms with Crippen LogP contribution in [0.2, 0.25) is 0 Å². The minimum absolute atomic E-state index is 0.0383. The highest BCUT2D eigenvalue weighted by atomic mass is 19.1. The number of ether oxygens (including phenoxy) is 3. The number of likely N-dealkylation sites (tertiary alicyclic amines) is 1. The molecule has 1 amide bonds. The molecule has 4 heterocycles. The van der Waals surface area contributed by atoms with Gasteiger partial charge in [-0.1, -0.05) is 31.6 Å². The highest BCUT2D eigenvalue weighted by molar-refractivity contribution is 5.97. The number of pyridine rings is 1. The topological polar surface area (TPSA) is 115 Å². The van der Waals surface area contributed by atoms with E-state index in [9.17, 15) is 9.18 Å². The summed E-state index contributed by atoms with van der Waals surface area (Å²) in [7, 11) is 0. The maximum Gasteiger partial charge on any atom is 0.251 e. The molecule has 2 fully saturated rings. The van der Waals surface area contributed by atoms with Crippen molar-refractivity contribution in [3.8, 4) is 11.9 Å². The molecule has 3 aliphatic rings. The molecule has 1 aliphatic carbocycles. The summed E-state index contributed by atoms with van der Waals surface area (Å²) in [5.74, 6) is 0.893. The number of carbonyl (C=O) groups excluding carboxylic acids is 1. The number of hydrogen-bond acceptors (Lipinski definition) is 8. The average Bonchev–Trinajstić information content (AvgIpc) is 3.47. The Morgan fingerprint density at radius 3 is 2.62 bits per heavy atom. The van der Waals surface area contributed by atoms with Gasteiger partial charge in [0, 0.05) is 49.0 Å². The third-order valence-corrected chi connectivity index (χ3v) is 11.6. The van der Waals surface area contributed by atoms with E-state index in [1.165, 1.54) is 11.6 Å². The number of benzene rings is 2. The highest BCUT2D eigenvalue weighted by Crippen LogP contribution is 2.45. The lowest BCUT2D eigenvalue weighted by Gasteiger charge is -2.51. The van der Waals surface area contributed by atoms with E-state index in [-0.39, 0.29) is 35.2 Å². The number of nitrogens with zero attached hydrogens (tertiary/aromatic N) is 5. The zero-order valence-corrected chi connectivity index (χ0v) is 33.5. The zero-order chi connectivity index (χ0) is 39.5. The van der Waals surface area contributed by atoms with Crippen LogP contribution in [-0.2, 0) is 29.2 Å². The number of rotatable bonds is 16. The molecule has 0 saturated carbocycles. The predicted molar refractivity (Wildman–Crippen MR) is 214 cm³/mol. The maximum atomic E-state index is 14.4. The van der Waals surface area contributed by atoms with Crippen molar-refractivity contribution in [2.75, 3.05) is 26.3 Å². The van der Waals surface area contributed by atoms with Gasteiger partial charge in [-0.2, -0.15) is 5.26 Å². The Morgan fingerprint density at radius 2 is 1.93 bits per heavy atom. The molecule has 0 bridgehead atoms. The van der Waals surface area contributed by atoms with Crippen LogP contribution in [0.25, 0.3) is 16.6 Å². The lowest BCUT2D eigenvalue weighted by molar-refractivity contribution is -0.0600. The monoisotopic (exact) mass is 762 g/mol. The number of imidazole rings is 1. The first kappa shape index (κ1) is 39.6. The Kier molecular flexibility index (Phi) is 11.6. The van der Waals surface area contributed by atoms with Crippen molar-refractivity contribution in [3.63, 3.8) is 0 Å². The first-order chi connectivity index (χ1) is 26.8. The van der Waals surface area contributed by atoms with Gasteiger partial charge in [0.15, 0.2) is 0 Å². The van der Waals surface area contributed by atoms with Crippen LogP contribution in [0.1, 0.15) is 113 Å². The number of carbonyl (C=O) groups is 1. The average molecular weight is 763 g/mol. The standard InChI is InChI=1S/C45H55FN6O4/c1-6-17-44(4,5)56-22-20-43(2,3)50-42(53)33-12-13-38-39(24-33)52(26-35-16-21-54-35)40(48-38)27-51-29-45(30-51)18-14-32(15-19-45)37-8-7-9-41(49-37)55-28-34-11-10-31(25-47)23-36(34)46/h7-14,23-24,35H,6,15-22,26-30H2,1-5H3,(H,50,53)/t35-/m0/s1. The van der Waals surface area contributed by atoms with Gasteiger partial charge >= 0.3 is 0 Å². The molecule has 2 saturated heterocycles. The lowest BCUT2D eigenvalue weighted by atomic mass is 9.69. The summed E-state index contributed by atoms with van der Waals surface area (Å²) in [6.07, 6.45) is 9.26. The third-order valence-electron chi connectivity index (χ3n) is 11.6. The van der Waals surface area contributed by atoms with E-state index < -0.39 is 11.4 Å². The second-order valence-corrected chi connectivity index (χ2v) is 17.2. The minimum atomic E-state index is -0.461. The molecule has 296 valence electrons. The van der Waals surface area contributed by atoms with Crippen LogP contribution in [-0.4, -0.2) is 68.9 Å². The molecule has 1 atom stereocenters. The van der Waals surface area contributed by atoms with Gasteiger partial charge in [-0.25, -0.2) is 14.4 Å². The Morgan fingerprint density at radius 1 is 1.11 bits per heavy atom. The van der Waals surface area contributed by atoms with Gasteiger partial charge < -0.3 is 24.1 Å². The lowest BCUT2D eigenvalue weighted by Crippen LogP contribution is -2.56. The first-order valence-corrected chi connectivity index (χ1v) is 20.1. The van der Waals surface area contributed by atoms with Crippen LogP contribution in [0.3, 0.4) is 0 Å². The van der Waals surface area contributed by atoms with Gasteiger partial charge in [-0.3, -0.25) is 9.69 Å². The van der Waals surface area contributed by atoms with Gasteiger partial charge in [0.2, 0.25) is 5.88 Å². The molecule has 1 spiro atoms. The maximum absolute atomic E-state index is 14.4. The summed E-state index contributed by atoms with van der Waals surface area (Å²) in [5, 5.41) is 12.3. The number of amides is 1. The van der Waals surface area contributed by atoms with Crippen LogP contribution in [0.15, 0.2) is 60.7 Å². The minimum Gasteiger partial charge on any atom is -0.473 e. The fraction of sp³-hybridized carbons (Fsp3) is 0.511. The smallest absolute Gasteiger partial charge is 0.251 e. The fourth-order valence-corrected chi connectivity index (χ4v) is 8.21. The molecule has 10 nitrogen and oxygen atoms in total. The van der Waals surface area contributed by atoms with E-state index in [1.54, 1.807) is 18.2 Å². The van der Waals surface area contributed by atoms with Gasteiger partial charge in [0.05, 0.1) is 53.2 Å². The predicted octanol–water partition coefficient (Wildman–Crippen LogP) is 8.37. The molecule has 4 aromatic rings. The second kappa shape index (κ2) is 16.5. The van der Waals surface area contributed by atoms with Crippen LogP contribution >= 0.6 is 0 Å². The highest BCUT2D eigenvalue weighted by Gasteiger charge is 2.44. The summed E-state index contributed by atoms with van der Waals surface area (Å²) in [4.78, 5) is 25.9. The fourth-order valence-electron chi connectivity index (χ4n) is 8.21. The molecular formula is C45H55FN6O4. The van der Waals surface area contributed by atoms with Gasteiger partial charge in [0.1, 0.15) is 18.2 Å². The van der Waals surface area contributed by atoms with Crippen molar-refractivity contribution in [2.45, 2.75) is 117 Å². The van der Waals surface area contributed by atoms with E-state index in [2.05, 4.69) is 55.5 Å². The van der Waals surface area contributed by atoms with Crippen molar-refractivity contribution in [3.05, 3.63) is 94.7 Å². The zero-order valence-electron chi connectivity index (χ0n) is 33.5. The van der Waals surface area contributed by atoms with Crippen molar-refractivity contribution >= 4 is 22.5 Å². The van der Waals surface area contributed by atoms with E-state index in [0.29, 0.717) is 30.0 Å². The normalized spacial score (nSPS) is 18.2. The summed E-state index contributed by atoms with van der Waals surface area (Å²) in [5.41, 5.74) is 4.87. The molecule has 2 aliphatic heterocycles. The van der Waals surface area contributed by atoms with E-state index in [1.807, 2.05) is 36.4 Å². The number of halogens is 1. The van der Waals surface area contributed by atoms with Gasteiger partial charge in [0.25, 0.3) is 5.91 Å². The Bertz CT molecular complexity index is 2120. The van der Waals surface area contributed by atoms with E-state index in [4.69, 9.17) is 29.4 Å². The largest absolute Gasteiger partial charge is 0.473 e. The Labute approximate surface area is 330 Å². The Balaban J connectivity index is 0.968. The summed E-state index contributed by atoms with van der Waals surface area (Å²) in [6, 6.07) is 17.9. The molecule has 2 aromatic heterocycles. The van der Waals surface area contributed by atoms with Crippen molar-refractivity contribution in [1.82, 2.24) is 24.8 Å². The molecule has 0 radical (unpaired) electrons. The van der Waals surface area contributed by atoms with Crippen LogP contribution < -0.4 is 10.1 Å². The van der Waals surface area contributed by atoms with Crippen LogP contribution in [0, 0.1) is 22.6 Å². The molecule has 1 N–H and O–H groups in total.